The predicted molar refractivity (Wildman–Crippen MR) is 153 cm³/mol. The highest BCUT2D eigenvalue weighted by Crippen LogP contribution is 2.30. The minimum absolute atomic E-state index is 0.00326. The van der Waals surface area contributed by atoms with Crippen LogP contribution in [0.2, 0.25) is 10.0 Å². The van der Waals surface area contributed by atoms with Crippen LogP contribution in [0.4, 0.5) is 29.3 Å². The van der Waals surface area contributed by atoms with Crippen LogP contribution in [0.15, 0.2) is 71.8 Å². The number of benzene rings is 2. The minimum atomic E-state index is -4.77. The van der Waals surface area contributed by atoms with Crippen molar-refractivity contribution in [3.63, 3.8) is 0 Å². The molecular formula is C28H21Cl2F3N6O3. The van der Waals surface area contributed by atoms with Gasteiger partial charge in [-0.1, -0.05) is 53.5 Å². The SMILES string of the molecule is O=C(Nc1c(Cl)cncc1Cl)Nc1cc(-c2cccc(-c3cccc(C(=O)NC4CC4)c3)c2)nn(CC(F)(F)F)c1=O. The van der Waals surface area contributed by atoms with Gasteiger partial charge in [0.2, 0.25) is 0 Å². The topological polar surface area (TPSA) is 118 Å². The monoisotopic (exact) mass is 616 g/mol. The number of halogens is 5. The molecule has 0 spiro atoms. The number of aromatic nitrogens is 3. The van der Waals surface area contributed by atoms with Gasteiger partial charge in [0.15, 0.2) is 0 Å². The largest absolute Gasteiger partial charge is 0.408 e. The Morgan fingerprint density at radius 3 is 2.24 bits per heavy atom. The molecule has 9 nitrogen and oxygen atoms in total. The van der Waals surface area contributed by atoms with E-state index in [1.807, 2.05) is 0 Å². The molecule has 14 heteroatoms. The van der Waals surface area contributed by atoms with Gasteiger partial charge in [-0.25, -0.2) is 9.48 Å². The Balaban J connectivity index is 1.48. The second-order valence-electron chi connectivity index (χ2n) is 9.49. The smallest absolute Gasteiger partial charge is 0.349 e. The van der Waals surface area contributed by atoms with Gasteiger partial charge in [0.1, 0.15) is 12.2 Å². The van der Waals surface area contributed by atoms with Crippen molar-refractivity contribution in [1.82, 2.24) is 20.1 Å². The number of hydrogen-bond acceptors (Lipinski definition) is 5. The number of urea groups is 1. The molecule has 1 fully saturated rings. The molecule has 2 heterocycles. The Morgan fingerprint density at radius 1 is 0.929 bits per heavy atom. The number of carbonyl (C=O) groups excluding carboxylic acids is 2. The molecule has 42 heavy (non-hydrogen) atoms. The Kier molecular flexibility index (Phi) is 8.19. The molecule has 0 atom stereocenters. The Bertz CT molecular complexity index is 1720. The fourth-order valence-corrected chi connectivity index (χ4v) is 4.50. The minimum Gasteiger partial charge on any atom is -0.349 e. The summed E-state index contributed by atoms with van der Waals surface area (Å²) in [5, 5.41) is 11.5. The van der Waals surface area contributed by atoms with Gasteiger partial charge in [0.05, 0.1) is 21.4 Å². The predicted octanol–water partition coefficient (Wildman–Crippen LogP) is 6.38. The molecule has 4 aromatic rings. The van der Waals surface area contributed by atoms with Crippen LogP contribution in [0.3, 0.4) is 0 Å². The first-order chi connectivity index (χ1) is 20.0. The molecule has 0 saturated heterocycles. The van der Waals surface area contributed by atoms with Crippen LogP contribution in [0.25, 0.3) is 22.4 Å². The van der Waals surface area contributed by atoms with Crippen molar-refractivity contribution in [2.45, 2.75) is 31.6 Å². The summed E-state index contributed by atoms with van der Waals surface area (Å²) in [6, 6.07) is 14.0. The average molecular weight is 617 g/mol. The molecule has 1 aliphatic rings. The Hall–Kier alpha value is -4.42. The Labute approximate surface area is 246 Å². The van der Waals surface area contributed by atoms with Gasteiger partial charge in [0.25, 0.3) is 11.5 Å². The van der Waals surface area contributed by atoms with E-state index in [0.717, 1.165) is 12.8 Å². The zero-order valence-electron chi connectivity index (χ0n) is 21.5. The molecule has 5 rings (SSSR count). The van der Waals surface area contributed by atoms with Crippen molar-refractivity contribution in [2.24, 2.45) is 0 Å². The van der Waals surface area contributed by atoms with Crippen molar-refractivity contribution >= 4 is 46.5 Å². The number of pyridine rings is 1. The molecule has 2 aromatic carbocycles. The van der Waals surface area contributed by atoms with E-state index in [1.165, 1.54) is 18.5 Å². The van der Waals surface area contributed by atoms with Crippen LogP contribution >= 0.6 is 23.2 Å². The maximum atomic E-state index is 13.3. The number of hydrogen-bond donors (Lipinski definition) is 3. The van der Waals surface area contributed by atoms with Crippen LogP contribution in [-0.4, -0.2) is 38.9 Å². The molecule has 1 aliphatic carbocycles. The standard InChI is InChI=1S/C28H21Cl2F3N6O3/c29-20-12-34-13-21(30)24(20)37-27(42)36-23-11-22(38-39(26(23)41)14-28(31,32)33)17-5-1-3-15(9-17)16-4-2-6-18(10-16)25(40)35-19-7-8-19/h1-6,9-13,19H,7-8,14H2,(H,35,40)(H2,34,36,37,42). The van der Waals surface area contributed by atoms with E-state index in [9.17, 15) is 27.6 Å². The summed E-state index contributed by atoms with van der Waals surface area (Å²) in [6.07, 6.45) is -0.421. The van der Waals surface area contributed by atoms with Gasteiger partial charge in [-0.05, 0) is 48.2 Å². The first-order valence-corrected chi connectivity index (χ1v) is 13.3. The van der Waals surface area contributed by atoms with Gasteiger partial charge >= 0.3 is 12.2 Å². The van der Waals surface area contributed by atoms with E-state index in [0.29, 0.717) is 22.3 Å². The molecule has 3 amide bonds. The third kappa shape index (κ3) is 7.07. The summed E-state index contributed by atoms with van der Waals surface area (Å²) in [5.74, 6) is -0.195. The number of anilines is 2. The molecule has 0 unspecified atom stereocenters. The summed E-state index contributed by atoms with van der Waals surface area (Å²) >= 11 is 12.0. The van der Waals surface area contributed by atoms with Gasteiger partial charge in [0, 0.05) is 29.6 Å². The lowest BCUT2D eigenvalue weighted by Gasteiger charge is -2.14. The summed E-state index contributed by atoms with van der Waals surface area (Å²) in [7, 11) is 0. The van der Waals surface area contributed by atoms with Gasteiger partial charge < -0.3 is 16.0 Å². The zero-order valence-corrected chi connectivity index (χ0v) is 23.0. The number of carbonyl (C=O) groups is 2. The lowest BCUT2D eigenvalue weighted by molar-refractivity contribution is -0.143. The molecule has 216 valence electrons. The molecule has 0 aliphatic heterocycles. The zero-order chi connectivity index (χ0) is 30.0. The van der Waals surface area contributed by atoms with Crippen molar-refractivity contribution < 1.29 is 22.8 Å². The molecule has 3 N–H and O–H groups in total. The lowest BCUT2D eigenvalue weighted by atomic mass is 9.99. The highest BCUT2D eigenvalue weighted by atomic mass is 35.5. The fourth-order valence-electron chi connectivity index (χ4n) is 4.04. The van der Waals surface area contributed by atoms with Crippen molar-refractivity contribution in [2.75, 3.05) is 10.6 Å². The highest BCUT2D eigenvalue weighted by Gasteiger charge is 2.30. The number of rotatable bonds is 7. The molecule has 0 radical (unpaired) electrons. The van der Waals surface area contributed by atoms with Crippen molar-refractivity contribution in [3.05, 3.63) is 93.0 Å². The van der Waals surface area contributed by atoms with E-state index < -0.39 is 30.0 Å². The first kappa shape index (κ1) is 29.1. The first-order valence-electron chi connectivity index (χ1n) is 12.5. The van der Waals surface area contributed by atoms with E-state index in [2.05, 4.69) is 26.0 Å². The van der Waals surface area contributed by atoms with Crippen LogP contribution in [0, 0.1) is 0 Å². The molecular weight excluding hydrogens is 596 g/mol. The maximum Gasteiger partial charge on any atom is 0.408 e. The summed E-state index contributed by atoms with van der Waals surface area (Å²) in [6.45, 7) is -1.68. The quantitative estimate of drug-likeness (QED) is 0.223. The lowest BCUT2D eigenvalue weighted by Crippen LogP contribution is -2.34. The van der Waals surface area contributed by atoms with Crippen LogP contribution < -0.4 is 21.5 Å². The molecule has 2 aromatic heterocycles. The number of nitrogens with one attached hydrogen (secondary N) is 3. The second-order valence-corrected chi connectivity index (χ2v) is 10.3. The number of nitrogens with zero attached hydrogens (tertiary/aromatic N) is 3. The number of alkyl halides is 3. The molecule has 1 saturated carbocycles. The van der Waals surface area contributed by atoms with Crippen molar-refractivity contribution in [1.29, 1.82) is 0 Å². The van der Waals surface area contributed by atoms with E-state index in [-0.39, 0.29) is 38.1 Å². The Morgan fingerprint density at radius 2 is 1.57 bits per heavy atom. The van der Waals surface area contributed by atoms with Crippen molar-refractivity contribution in [3.8, 4) is 22.4 Å². The average Bonchev–Trinajstić information content (AvgIpc) is 3.76. The second kappa shape index (κ2) is 11.8. The summed E-state index contributed by atoms with van der Waals surface area (Å²) in [4.78, 5) is 41.9. The van der Waals surface area contributed by atoms with Crippen LogP contribution in [0.1, 0.15) is 23.2 Å². The number of amides is 3. The third-order valence-corrected chi connectivity index (χ3v) is 6.75. The molecule has 0 bridgehead atoms. The third-order valence-electron chi connectivity index (χ3n) is 6.17. The van der Waals surface area contributed by atoms with Gasteiger partial charge in [-0.2, -0.15) is 18.3 Å². The maximum absolute atomic E-state index is 13.3. The highest BCUT2D eigenvalue weighted by molar-refractivity contribution is 6.39. The summed E-state index contributed by atoms with van der Waals surface area (Å²) < 4.78 is 40.2. The van der Waals surface area contributed by atoms with Gasteiger partial charge in [-0.15, -0.1) is 0 Å². The van der Waals surface area contributed by atoms with Crippen LogP contribution in [0.5, 0.6) is 0 Å². The van der Waals surface area contributed by atoms with E-state index in [1.54, 1.807) is 48.5 Å². The van der Waals surface area contributed by atoms with E-state index in [4.69, 9.17) is 23.2 Å². The summed E-state index contributed by atoms with van der Waals surface area (Å²) in [5.41, 5.74) is 0.505. The normalized spacial score (nSPS) is 13.0. The fraction of sp³-hybridized carbons (Fsp3) is 0.179. The van der Waals surface area contributed by atoms with Gasteiger partial charge in [-0.3, -0.25) is 14.6 Å². The van der Waals surface area contributed by atoms with E-state index >= 15 is 0 Å². The van der Waals surface area contributed by atoms with Crippen LogP contribution in [-0.2, 0) is 6.54 Å².